The highest BCUT2D eigenvalue weighted by Crippen LogP contribution is 2.30. The summed E-state index contributed by atoms with van der Waals surface area (Å²) >= 11 is 0. The van der Waals surface area contributed by atoms with Gasteiger partial charge in [0.05, 0.1) is 24.6 Å². The van der Waals surface area contributed by atoms with Gasteiger partial charge < -0.3 is 41.7 Å². The molecule has 2 aliphatic heterocycles. The van der Waals surface area contributed by atoms with Crippen LogP contribution in [0.1, 0.15) is 100 Å². The molecule has 3 aromatic rings. The number of likely N-dealkylation sites (N-methyl/N-ethyl adjacent to an activating group) is 2. The minimum atomic E-state index is -3.86. The first-order valence-electron chi connectivity index (χ1n) is 26.9. The Morgan fingerprint density at radius 3 is 1.15 bits per heavy atom. The number of carbonyl (C=O) groups excluding carboxylic acids is 6. The predicted molar refractivity (Wildman–Crippen MR) is 302 cm³/mol. The van der Waals surface area contributed by atoms with Gasteiger partial charge in [-0.1, -0.05) is 65.8 Å². The fourth-order valence-corrected chi connectivity index (χ4v) is 11.5. The third kappa shape index (κ3) is 18.0. The quantitative estimate of drug-likeness (QED) is 0.0758. The fourth-order valence-electron chi connectivity index (χ4n) is 9.73. The second-order valence-electron chi connectivity index (χ2n) is 23.3. The van der Waals surface area contributed by atoms with Crippen LogP contribution in [0.3, 0.4) is 0 Å². The molecule has 6 amide bonds. The Morgan fingerprint density at radius 1 is 0.562 bits per heavy atom. The minimum Gasteiger partial charge on any atom is -0.347 e. The van der Waals surface area contributed by atoms with Gasteiger partial charge in [-0.2, -0.15) is 8.61 Å². The molecule has 442 valence electrons. The van der Waals surface area contributed by atoms with Crippen molar-refractivity contribution in [2.45, 2.75) is 129 Å². The van der Waals surface area contributed by atoms with E-state index in [1.807, 2.05) is 0 Å². The van der Waals surface area contributed by atoms with Gasteiger partial charge in [0.15, 0.2) is 0 Å². The van der Waals surface area contributed by atoms with E-state index in [9.17, 15) is 54.4 Å². The zero-order chi connectivity index (χ0) is 59.7. The third-order valence-electron chi connectivity index (χ3n) is 14.8. The predicted octanol–water partition coefficient (Wildman–Crippen LogP) is 2.65. The highest BCUT2D eigenvalue weighted by atomic mass is 32.2. The first-order valence-corrected chi connectivity index (χ1v) is 30.6. The summed E-state index contributed by atoms with van der Waals surface area (Å²) in [6.45, 7) is 13.8. The largest absolute Gasteiger partial charge is 0.347 e. The van der Waals surface area contributed by atoms with Crippen molar-refractivity contribution < 1.29 is 54.4 Å². The second kappa shape index (κ2) is 27.2. The lowest BCUT2D eigenvalue weighted by Gasteiger charge is -2.37. The summed E-state index contributed by atoms with van der Waals surface area (Å²) in [5, 5.41) is 17.4. The molecule has 80 heavy (non-hydrogen) atoms. The second-order valence-corrected chi connectivity index (χ2v) is 27.3. The van der Waals surface area contributed by atoms with Crippen molar-refractivity contribution >= 4 is 55.5 Å². The summed E-state index contributed by atoms with van der Waals surface area (Å²) in [7, 11) is -4.48. The van der Waals surface area contributed by atoms with Gasteiger partial charge >= 0.3 is 0 Å². The third-order valence-corrected chi connectivity index (χ3v) is 17.4. The molecule has 0 aliphatic carbocycles. The molecule has 2 aliphatic rings. The summed E-state index contributed by atoms with van der Waals surface area (Å²) in [4.78, 5) is 86.7. The SMILES string of the molecule is CN[C@@H](C)C(=O)N[C@H](C(=O)N1C[C@@H](NC(=O)c2ccc(C(=O)N[C@H]3C[C@@H](CN(CCc4ccc(F)cc4)S(C)(=O)=O)N(C(=O)[C@@H](NC(=O)[C@H](C)NC)C(C)(C)C)C3)cc2)C[C@H]1CN(CCc1ccc(F)cc1)S(C)(=O)=O)C(C)(C)C. The van der Waals surface area contributed by atoms with Crippen molar-refractivity contribution in [3.63, 3.8) is 0 Å². The van der Waals surface area contributed by atoms with E-state index in [2.05, 4.69) is 31.9 Å². The van der Waals surface area contributed by atoms with Crippen LogP contribution in [-0.2, 0) is 52.1 Å². The fraction of sp³-hybridized carbons (Fsp3) is 0.571. The molecule has 3 aromatic carbocycles. The molecule has 2 heterocycles. The highest BCUT2D eigenvalue weighted by Gasteiger charge is 2.46. The highest BCUT2D eigenvalue weighted by molar-refractivity contribution is 7.88. The average molecular weight is 1160 g/mol. The van der Waals surface area contributed by atoms with E-state index in [0.717, 1.165) is 12.5 Å². The normalized spacial score (nSPS) is 19.6. The number of rotatable bonds is 24. The monoisotopic (exact) mass is 1160 g/mol. The molecule has 24 heteroatoms. The molecule has 0 radical (unpaired) electrons. The summed E-state index contributed by atoms with van der Waals surface area (Å²) in [5.74, 6) is -3.71. The molecular formula is C56H82F2N10O10S2. The molecule has 0 unspecified atom stereocenters. The topological polar surface area (TPSA) is 256 Å². The molecule has 0 saturated carbocycles. The van der Waals surface area contributed by atoms with E-state index in [1.165, 1.54) is 66.9 Å². The number of hydrogen-bond donors (Lipinski definition) is 6. The van der Waals surface area contributed by atoms with Crippen LogP contribution in [-0.4, -0.2) is 185 Å². The minimum absolute atomic E-state index is 0.0204. The number of likely N-dealkylation sites (tertiary alicyclic amines) is 2. The van der Waals surface area contributed by atoms with E-state index < -0.39 is 126 Å². The van der Waals surface area contributed by atoms with Gasteiger partial charge in [0, 0.05) is 74.6 Å². The van der Waals surface area contributed by atoms with Gasteiger partial charge in [-0.15, -0.1) is 0 Å². The lowest BCUT2D eigenvalue weighted by atomic mass is 9.85. The van der Waals surface area contributed by atoms with Gasteiger partial charge in [-0.05, 0) is 124 Å². The maximum Gasteiger partial charge on any atom is 0.251 e. The van der Waals surface area contributed by atoms with Crippen molar-refractivity contribution in [3.8, 4) is 0 Å². The standard InChI is InChI=1S/C56H82F2N10O10S2/c1-35(59-9)49(69)63-47(55(3,4)5)53(73)67-31-43(29-45(67)33-65(79(11,75)76)27-25-37-13-21-41(57)22-14-37)61-51(71)39-17-19-40(20-18-39)52(72)62-44-30-46(34-66(80(12,77)78)28-26-38-15-23-42(58)24-16-38)68(32-44)54(74)48(56(6,7)8)64-50(70)36(2)60-10/h13-24,35-36,43-48,59-60H,25-34H2,1-12H3,(H,61,71)(H,62,72)(H,63,69)(H,64,70)/t35-,36-,43-,44-,45-,46-,47+,48+/m0/s1. The molecule has 6 N–H and O–H groups in total. The Labute approximate surface area is 471 Å². The van der Waals surface area contributed by atoms with Gasteiger partial charge in [0.1, 0.15) is 23.7 Å². The number of halogens is 2. The number of carbonyl (C=O) groups is 6. The summed E-state index contributed by atoms with van der Waals surface area (Å²) in [6, 6.07) is 11.1. The zero-order valence-corrected chi connectivity index (χ0v) is 49.7. The van der Waals surface area contributed by atoms with Crippen LogP contribution in [0.4, 0.5) is 8.78 Å². The molecular weight excluding hydrogens is 1070 g/mol. The Kier molecular flexibility index (Phi) is 22.1. The van der Waals surface area contributed by atoms with Gasteiger partial charge in [-0.3, -0.25) is 28.8 Å². The number of amides is 6. The van der Waals surface area contributed by atoms with E-state index in [0.29, 0.717) is 11.1 Å². The van der Waals surface area contributed by atoms with Crippen molar-refractivity contribution in [1.82, 2.24) is 50.3 Å². The number of nitrogens with one attached hydrogen (secondary N) is 6. The maximum atomic E-state index is 14.7. The van der Waals surface area contributed by atoms with Gasteiger partial charge in [0.2, 0.25) is 43.7 Å². The lowest BCUT2D eigenvalue weighted by molar-refractivity contribution is -0.140. The smallest absolute Gasteiger partial charge is 0.251 e. The summed E-state index contributed by atoms with van der Waals surface area (Å²) in [5.41, 5.74) is 0.159. The Morgan fingerprint density at radius 2 is 0.875 bits per heavy atom. The van der Waals surface area contributed by atoms with Crippen LogP contribution in [0.25, 0.3) is 0 Å². The van der Waals surface area contributed by atoms with E-state index >= 15 is 0 Å². The molecule has 5 rings (SSSR count). The van der Waals surface area contributed by atoms with Crippen LogP contribution in [0, 0.1) is 22.5 Å². The molecule has 0 spiro atoms. The van der Waals surface area contributed by atoms with Gasteiger partial charge in [0.25, 0.3) is 11.8 Å². The Balaban J connectivity index is 1.35. The number of sulfonamides is 2. The summed E-state index contributed by atoms with van der Waals surface area (Å²) in [6.07, 6.45) is 2.93. The molecule has 20 nitrogen and oxygen atoms in total. The van der Waals surface area contributed by atoms with Crippen LogP contribution in [0.2, 0.25) is 0 Å². The van der Waals surface area contributed by atoms with Crippen LogP contribution >= 0.6 is 0 Å². The van der Waals surface area contributed by atoms with Gasteiger partial charge in [-0.25, -0.2) is 25.6 Å². The van der Waals surface area contributed by atoms with E-state index in [1.54, 1.807) is 93.8 Å². The number of hydrogen-bond acceptors (Lipinski definition) is 12. The van der Waals surface area contributed by atoms with E-state index in [4.69, 9.17) is 0 Å². The van der Waals surface area contributed by atoms with Crippen LogP contribution < -0.4 is 31.9 Å². The first kappa shape index (κ1) is 64.9. The molecule has 2 saturated heterocycles. The molecule has 8 atom stereocenters. The molecule has 0 aromatic heterocycles. The van der Waals surface area contributed by atoms with Crippen molar-refractivity contribution in [2.75, 3.05) is 65.9 Å². The average Bonchev–Trinajstić information content (AvgIpc) is 4.00. The lowest BCUT2D eigenvalue weighted by Crippen LogP contribution is -2.59. The van der Waals surface area contributed by atoms with Crippen molar-refractivity contribution in [1.29, 1.82) is 0 Å². The molecule has 2 fully saturated rings. The van der Waals surface area contributed by atoms with Crippen molar-refractivity contribution in [2.24, 2.45) is 10.8 Å². The van der Waals surface area contributed by atoms with Crippen molar-refractivity contribution in [3.05, 3.63) is 107 Å². The Bertz CT molecular complexity index is 2690. The number of nitrogens with zero attached hydrogens (tertiary/aromatic N) is 4. The van der Waals surface area contributed by atoms with Crippen LogP contribution in [0.15, 0.2) is 72.8 Å². The zero-order valence-electron chi connectivity index (χ0n) is 48.1. The maximum absolute atomic E-state index is 14.7. The van der Waals surface area contributed by atoms with Crippen LogP contribution in [0.5, 0.6) is 0 Å². The molecule has 0 bridgehead atoms. The number of benzene rings is 3. The summed E-state index contributed by atoms with van der Waals surface area (Å²) < 4.78 is 83.1. The van der Waals surface area contributed by atoms with E-state index in [-0.39, 0.29) is 76.1 Å². The Hall–Kier alpha value is -5.92. The first-order chi connectivity index (χ1) is 37.2.